The molecule has 0 aliphatic carbocycles. The van der Waals surface area contributed by atoms with Crippen molar-refractivity contribution in [3.8, 4) is 0 Å². The zero-order chi connectivity index (χ0) is 4.95. The van der Waals surface area contributed by atoms with Crippen molar-refractivity contribution in [1.29, 1.82) is 0 Å². The first-order valence-corrected chi connectivity index (χ1v) is 7.83. The molecule has 0 radical (unpaired) electrons. The van der Waals surface area contributed by atoms with Gasteiger partial charge in [0.05, 0.1) is 5.88 Å². The summed E-state index contributed by atoms with van der Waals surface area (Å²) in [5, 5.41) is 0. The molecule has 1 aliphatic rings. The van der Waals surface area contributed by atoms with Gasteiger partial charge in [0, 0.05) is 20.8 Å². The molecule has 6 heteroatoms. The summed E-state index contributed by atoms with van der Waals surface area (Å²) in [6, 6.07) is 0. The summed E-state index contributed by atoms with van der Waals surface area (Å²) in [5.41, 5.74) is 0. The molecular formula is CH3NS5. The maximum Gasteiger partial charge on any atom is 0.0636 e. The molecule has 0 amide bonds. The molecule has 1 saturated heterocycles. The summed E-state index contributed by atoms with van der Waals surface area (Å²) < 4.78 is 3.15. The van der Waals surface area contributed by atoms with Crippen LogP contribution in [0.5, 0.6) is 0 Å². The predicted octanol–water partition coefficient (Wildman–Crippen LogP) is 2.79. The minimum Gasteiger partial charge on any atom is -0.243 e. The molecule has 0 bridgehead atoms. The Morgan fingerprint density at radius 1 is 1.14 bits per heavy atom. The van der Waals surface area contributed by atoms with Crippen molar-refractivity contribution in [3.05, 3.63) is 0 Å². The normalized spacial score (nSPS) is 24.0. The van der Waals surface area contributed by atoms with Gasteiger partial charge in [-0.2, -0.15) is 0 Å². The van der Waals surface area contributed by atoms with Crippen LogP contribution in [0, 0.1) is 0 Å². The molecule has 1 N–H and O–H groups in total. The summed E-state index contributed by atoms with van der Waals surface area (Å²) >= 11 is 0. The largest absolute Gasteiger partial charge is 0.243 e. The zero-order valence-corrected chi connectivity index (χ0v) is 7.33. The molecule has 0 aromatic rings. The molecule has 1 nitrogen and oxygen atoms in total. The monoisotopic (exact) mass is 189 g/mol. The molecule has 1 fully saturated rings. The first-order chi connectivity index (χ1) is 3.50. The van der Waals surface area contributed by atoms with Gasteiger partial charge in [0.1, 0.15) is 0 Å². The van der Waals surface area contributed by atoms with Crippen LogP contribution < -0.4 is 4.72 Å². The van der Waals surface area contributed by atoms with E-state index in [1.54, 1.807) is 20.8 Å². The quantitative estimate of drug-likeness (QED) is 0.461. The maximum atomic E-state index is 3.15. The van der Waals surface area contributed by atoms with Gasteiger partial charge in [-0.25, -0.2) is 4.72 Å². The highest BCUT2D eigenvalue weighted by Crippen LogP contribution is 2.49. The molecule has 1 heterocycles. The van der Waals surface area contributed by atoms with Gasteiger partial charge in [0.2, 0.25) is 0 Å². The lowest BCUT2D eigenvalue weighted by atomic mass is 11.5. The number of nitrogens with one attached hydrogen (secondary N) is 1. The van der Waals surface area contributed by atoms with Gasteiger partial charge in [-0.05, 0) is 19.7 Å². The van der Waals surface area contributed by atoms with Crippen LogP contribution in [0.1, 0.15) is 0 Å². The maximum absolute atomic E-state index is 3.15. The van der Waals surface area contributed by atoms with Crippen LogP contribution in [0.3, 0.4) is 0 Å². The minimum atomic E-state index is 1.05. The number of rotatable bonds is 0. The fraction of sp³-hybridized carbons (Fsp3) is 1.00. The standard InChI is InChI=1S/CH3NS5/c1-2-4-6-7-5-3-1/h2H,1H2. The molecule has 0 unspecified atom stereocenters. The van der Waals surface area contributed by atoms with Gasteiger partial charge in [-0.3, -0.25) is 0 Å². The Morgan fingerprint density at radius 3 is 3.14 bits per heavy atom. The first-order valence-electron chi connectivity index (χ1n) is 1.51. The summed E-state index contributed by atoms with van der Waals surface area (Å²) in [4.78, 5) is 0. The van der Waals surface area contributed by atoms with Gasteiger partial charge in [0.25, 0.3) is 0 Å². The van der Waals surface area contributed by atoms with Crippen LogP contribution in [0.25, 0.3) is 0 Å². The third kappa shape index (κ3) is 3.31. The summed E-state index contributed by atoms with van der Waals surface area (Å²) in [6.07, 6.45) is 0. The van der Waals surface area contributed by atoms with Gasteiger partial charge in [-0.1, -0.05) is 10.8 Å². The molecule has 0 atom stereocenters. The van der Waals surface area contributed by atoms with Gasteiger partial charge in [-0.15, -0.1) is 0 Å². The van der Waals surface area contributed by atoms with Crippen molar-refractivity contribution < 1.29 is 0 Å². The highest BCUT2D eigenvalue weighted by atomic mass is 33.8. The topological polar surface area (TPSA) is 12.0 Å². The number of hydrogen-bond acceptors (Lipinski definition) is 6. The van der Waals surface area contributed by atoms with Crippen LogP contribution in [0.4, 0.5) is 0 Å². The van der Waals surface area contributed by atoms with Crippen molar-refractivity contribution in [2.24, 2.45) is 0 Å². The van der Waals surface area contributed by atoms with E-state index in [0.717, 1.165) is 5.88 Å². The average molecular weight is 189 g/mol. The Labute approximate surface area is 61.6 Å². The van der Waals surface area contributed by atoms with E-state index in [1.165, 1.54) is 0 Å². The Hall–Kier alpha value is 1.71. The van der Waals surface area contributed by atoms with E-state index in [4.69, 9.17) is 0 Å². The molecule has 0 aromatic carbocycles. The van der Waals surface area contributed by atoms with Crippen molar-refractivity contribution in [3.63, 3.8) is 0 Å². The van der Waals surface area contributed by atoms with Gasteiger partial charge in [0.15, 0.2) is 0 Å². The second-order valence-corrected chi connectivity index (χ2v) is 8.19. The van der Waals surface area contributed by atoms with Crippen molar-refractivity contribution in [2.75, 3.05) is 5.88 Å². The highest BCUT2D eigenvalue weighted by Gasteiger charge is 1.97. The van der Waals surface area contributed by atoms with Crippen molar-refractivity contribution >= 4 is 51.3 Å². The Kier molecular flexibility index (Phi) is 4.46. The molecular weight excluding hydrogens is 186 g/mol. The van der Waals surface area contributed by atoms with Crippen LogP contribution in [0.2, 0.25) is 0 Å². The van der Waals surface area contributed by atoms with E-state index in [0.29, 0.717) is 0 Å². The van der Waals surface area contributed by atoms with E-state index in [9.17, 15) is 0 Å². The third-order valence-corrected chi connectivity index (χ3v) is 8.31. The predicted molar refractivity (Wildman–Crippen MR) is 46.0 cm³/mol. The molecule has 0 saturated carbocycles. The Balaban J connectivity index is 2.04. The molecule has 1 rings (SSSR count). The smallest absolute Gasteiger partial charge is 0.0636 e. The Morgan fingerprint density at radius 2 is 2.14 bits per heavy atom. The Bertz CT molecular complexity index is 27.7. The molecule has 0 spiro atoms. The second kappa shape index (κ2) is 4.58. The van der Waals surface area contributed by atoms with E-state index in [-0.39, 0.29) is 0 Å². The molecule has 0 aromatic heterocycles. The lowest BCUT2D eigenvalue weighted by Gasteiger charge is -1.87. The molecule has 42 valence electrons. The van der Waals surface area contributed by atoms with Crippen LogP contribution in [0.15, 0.2) is 0 Å². The fourth-order valence-corrected chi connectivity index (χ4v) is 8.07. The van der Waals surface area contributed by atoms with Crippen molar-refractivity contribution in [2.45, 2.75) is 0 Å². The zero-order valence-electron chi connectivity index (χ0n) is 3.25. The molecule has 7 heavy (non-hydrogen) atoms. The lowest BCUT2D eigenvalue weighted by Crippen LogP contribution is -1.94. The molecule has 1 aliphatic heterocycles. The fourth-order valence-electron chi connectivity index (χ4n) is 0.141. The van der Waals surface area contributed by atoms with E-state index >= 15 is 0 Å². The van der Waals surface area contributed by atoms with Gasteiger partial charge >= 0.3 is 0 Å². The number of hydrogen-bond donors (Lipinski definition) is 1. The minimum absolute atomic E-state index is 1.05. The lowest BCUT2D eigenvalue weighted by molar-refractivity contribution is 1.26. The summed E-state index contributed by atoms with van der Waals surface area (Å²) in [5.74, 6) is 1.05. The van der Waals surface area contributed by atoms with Crippen LogP contribution in [-0.4, -0.2) is 5.88 Å². The SMILES string of the molecule is C1NSSSSS1. The van der Waals surface area contributed by atoms with E-state index in [1.807, 2.05) is 30.4 Å². The average Bonchev–Trinajstić information content (AvgIpc) is 1.90. The van der Waals surface area contributed by atoms with Crippen LogP contribution in [-0.2, 0) is 0 Å². The van der Waals surface area contributed by atoms with Gasteiger partial charge < -0.3 is 0 Å². The first kappa shape index (κ1) is 6.82. The summed E-state index contributed by atoms with van der Waals surface area (Å²) in [6.45, 7) is 0. The van der Waals surface area contributed by atoms with Crippen LogP contribution >= 0.6 is 51.3 Å². The highest BCUT2D eigenvalue weighted by molar-refractivity contribution is 9.36. The van der Waals surface area contributed by atoms with E-state index in [2.05, 4.69) is 4.72 Å². The summed E-state index contributed by atoms with van der Waals surface area (Å²) in [7, 11) is 8.97. The third-order valence-electron chi connectivity index (χ3n) is 0.314. The second-order valence-electron chi connectivity index (χ2n) is 0.694. The van der Waals surface area contributed by atoms with E-state index < -0.39 is 0 Å². The van der Waals surface area contributed by atoms with Crippen molar-refractivity contribution in [1.82, 2.24) is 4.72 Å².